The number of carbonyl (C=O) groups is 1. The second-order valence-corrected chi connectivity index (χ2v) is 7.42. The molecule has 0 bridgehead atoms. The molecule has 0 aliphatic rings. The molecule has 2 rings (SSSR count). The van der Waals surface area contributed by atoms with Gasteiger partial charge in [-0.05, 0) is 12.1 Å². The van der Waals surface area contributed by atoms with E-state index in [-0.39, 0.29) is 10.7 Å². The number of nitrogens with one attached hydrogen (secondary N) is 1. The summed E-state index contributed by atoms with van der Waals surface area (Å²) in [6.45, 7) is 6.75. The van der Waals surface area contributed by atoms with Gasteiger partial charge in [-0.2, -0.15) is 5.10 Å². The molecule has 2 aromatic heterocycles. The van der Waals surface area contributed by atoms with Crippen molar-refractivity contribution in [2.75, 3.05) is 5.75 Å². The van der Waals surface area contributed by atoms with Crippen LogP contribution in [0.2, 0.25) is 0 Å². The molecule has 0 spiro atoms. The zero-order chi connectivity index (χ0) is 15.3. The largest absolute Gasteiger partial charge is 0.351 e. The average Bonchev–Trinajstić information content (AvgIpc) is 2.96. The first-order chi connectivity index (χ1) is 9.96. The van der Waals surface area contributed by atoms with Crippen LogP contribution in [0.5, 0.6) is 0 Å². The van der Waals surface area contributed by atoms with E-state index in [2.05, 4.69) is 36.2 Å². The SMILES string of the molecule is CC(C)(C)SCC(=O)NCc1cccnc1-n1cccn1. The maximum atomic E-state index is 11.9. The van der Waals surface area contributed by atoms with Gasteiger partial charge >= 0.3 is 0 Å². The Bertz CT molecular complexity index is 590. The fourth-order valence-corrected chi connectivity index (χ4v) is 2.36. The molecular weight excluding hydrogens is 284 g/mol. The molecule has 21 heavy (non-hydrogen) atoms. The van der Waals surface area contributed by atoms with E-state index in [0.717, 1.165) is 11.4 Å². The fraction of sp³-hybridized carbons (Fsp3) is 0.400. The van der Waals surface area contributed by atoms with Gasteiger partial charge in [-0.15, -0.1) is 11.8 Å². The van der Waals surface area contributed by atoms with Crippen molar-refractivity contribution in [3.63, 3.8) is 0 Å². The lowest BCUT2D eigenvalue weighted by atomic mass is 10.2. The van der Waals surface area contributed by atoms with Crippen molar-refractivity contribution in [2.24, 2.45) is 0 Å². The van der Waals surface area contributed by atoms with Gasteiger partial charge in [0.2, 0.25) is 5.91 Å². The molecule has 0 radical (unpaired) electrons. The van der Waals surface area contributed by atoms with Crippen LogP contribution in [0.25, 0.3) is 5.82 Å². The molecule has 0 aromatic carbocycles. The molecule has 2 heterocycles. The van der Waals surface area contributed by atoms with E-state index < -0.39 is 0 Å². The number of amides is 1. The summed E-state index contributed by atoms with van der Waals surface area (Å²) in [5, 5.41) is 7.11. The minimum Gasteiger partial charge on any atom is -0.351 e. The molecule has 0 saturated carbocycles. The predicted molar refractivity (Wildman–Crippen MR) is 85.4 cm³/mol. The summed E-state index contributed by atoms with van der Waals surface area (Å²) in [5.74, 6) is 1.23. The van der Waals surface area contributed by atoms with E-state index in [9.17, 15) is 4.79 Å². The molecular formula is C15H20N4OS. The molecule has 0 unspecified atom stereocenters. The number of pyridine rings is 1. The summed E-state index contributed by atoms with van der Waals surface area (Å²) in [4.78, 5) is 16.2. The van der Waals surface area contributed by atoms with Crippen LogP contribution in [0.15, 0.2) is 36.8 Å². The summed E-state index contributed by atoms with van der Waals surface area (Å²) in [6.07, 6.45) is 5.26. The molecule has 0 aliphatic heterocycles. The van der Waals surface area contributed by atoms with E-state index in [4.69, 9.17) is 0 Å². The lowest BCUT2D eigenvalue weighted by molar-refractivity contribution is -0.118. The highest BCUT2D eigenvalue weighted by molar-refractivity contribution is 8.01. The van der Waals surface area contributed by atoms with Gasteiger partial charge in [0.25, 0.3) is 0 Å². The topological polar surface area (TPSA) is 59.8 Å². The minimum absolute atomic E-state index is 0.0326. The van der Waals surface area contributed by atoms with Gasteiger partial charge in [-0.25, -0.2) is 9.67 Å². The summed E-state index contributed by atoms with van der Waals surface area (Å²) < 4.78 is 1.79. The maximum Gasteiger partial charge on any atom is 0.230 e. The monoisotopic (exact) mass is 304 g/mol. The van der Waals surface area contributed by atoms with E-state index in [1.165, 1.54) is 0 Å². The maximum absolute atomic E-state index is 11.9. The Morgan fingerprint density at radius 1 is 1.33 bits per heavy atom. The second-order valence-electron chi connectivity index (χ2n) is 5.61. The lowest BCUT2D eigenvalue weighted by Gasteiger charge is -2.17. The van der Waals surface area contributed by atoms with Gasteiger partial charge in [0.1, 0.15) is 0 Å². The zero-order valence-corrected chi connectivity index (χ0v) is 13.4. The molecule has 0 aliphatic carbocycles. The molecule has 0 fully saturated rings. The highest BCUT2D eigenvalue weighted by Gasteiger charge is 2.14. The Labute approximate surface area is 129 Å². The number of aromatic nitrogens is 3. The van der Waals surface area contributed by atoms with Gasteiger partial charge in [0, 0.05) is 35.4 Å². The number of hydrogen-bond donors (Lipinski definition) is 1. The molecule has 2 aromatic rings. The summed E-state index contributed by atoms with van der Waals surface area (Å²) in [7, 11) is 0. The van der Waals surface area contributed by atoms with Crippen LogP contribution in [-0.2, 0) is 11.3 Å². The molecule has 1 N–H and O–H groups in total. The van der Waals surface area contributed by atoms with Gasteiger partial charge in [-0.3, -0.25) is 4.79 Å². The van der Waals surface area contributed by atoms with Crippen molar-refractivity contribution < 1.29 is 4.79 Å². The highest BCUT2D eigenvalue weighted by Crippen LogP contribution is 2.22. The Morgan fingerprint density at radius 3 is 2.81 bits per heavy atom. The van der Waals surface area contributed by atoms with Crippen LogP contribution >= 0.6 is 11.8 Å². The molecule has 6 heteroatoms. The van der Waals surface area contributed by atoms with Crippen molar-refractivity contribution in [3.05, 3.63) is 42.4 Å². The Hall–Kier alpha value is -1.82. The normalized spacial score (nSPS) is 11.4. The van der Waals surface area contributed by atoms with Crippen molar-refractivity contribution in [3.8, 4) is 5.82 Å². The molecule has 1 amide bonds. The third-order valence-corrected chi connectivity index (χ3v) is 3.97. The van der Waals surface area contributed by atoms with Crippen molar-refractivity contribution in [1.82, 2.24) is 20.1 Å². The Morgan fingerprint density at radius 2 is 2.14 bits per heavy atom. The van der Waals surface area contributed by atoms with Crippen molar-refractivity contribution in [2.45, 2.75) is 32.1 Å². The van der Waals surface area contributed by atoms with Crippen LogP contribution in [0.4, 0.5) is 0 Å². The van der Waals surface area contributed by atoms with E-state index >= 15 is 0 Å². The standard InChI is InChI=1S/C15H20N4OS/c1-15(2,3)21-11-13(20)17-10-12-6-4-7-16-14(12)19-9-5-8-18-19/h4-9H,10-11H2,1-3H3,(H,17,20). The highest BCUT2D eigenvalue weighted by atomic mass is 32.2. The van der Waals surface area contributed by atoms with Crippen LogP contribution in [0, 0.1) is 0 Å². The first-order valence-electron chi connectivity index (χ1n) is 6.80. The fourth-order valence-electron chi connectivity index (χ4n) is 1.70. The van der Waals surface area contributed by atoms with Crippen LogP contribution < -0.4 is 5.32 Å². The zero-order valence-electron chi connectivity index (χ0n) is 12.5. The number of nitrogens with zero attached hydrogens (tertiary/aromatic N) is 3. The van der Waals surface area contributed by atoms with Crippen molar-refractivity contribution >= 4 is 17.7 Å². The van der Waals surface area contributed by atoms with E-state index in [0.29, 0.717) is 12.3 Å². The smallest absolute Gasteiger partial charge is 0.230 e. The first kappa shape index (κ1) is 15.6. The lowest BCUT2D eigenvalue weighted by Crippen LogP contribution is -2.27. The Kier molecular flexibility index (Phi) is 5.01. The van der Waals surface area contributed by atoms with Crippen LogP contribution in [0.1, 0.15) is 26.3 Å². The summed E-state index contributed by atoms with van der Waals surface area (Å²) in [6, 6.07) is 5.65. The summed E-state index contributed by atoms with van der Waals surface area (Å²) in [5.41, 5.74) is 0.940. The third kappa shape index (κ3) is 4.90. The molecule has 5 nitrogen and oxygen atoms in total. The second kappa shape index (κ2) is 6.76. The predicted octanol–water partition coefficient (Wildman–Crippen LogP) is 2.42. The van der Waals surface area contributed by atoms with E-state index in [1.807, 2.05) is 24.4 Å². The third-order valence-electron chi connectivity index (χ3n) is 2.70. The Balaban J connectivity index is 1.96. The van der Waals surface area contributed by atoms with Crippen molar-refractivity contribution in [1.29, 1.82) is 0 Å². The minimum atomic E-state index is 0.0326. The van der Waals surface area contributed by atoms with Gasteiger partial charge in [-0.1, -0.05) is 26.8 Å². The van der Waals surface area contributed by atoms with Gasteiger partial charge in [0.05, 0.1) is 5.75 Å². The first-order valence-corrected chi connectivity index (χ1v) is 7.79. The molecule has 112 valence electrons. The number of thioether (sulfide) groups is 1. The molecule has 0 atom stereocenters. The van der Waals surface area contributed by atoms with Gasteiger partial charge in [0.15, 0.2) is 5.82 Å². The van der Waals surface area contributed by atoms with Gasteiger partial charge < -0.3 is 5.32 Å². The number of hydrogen-bond acceptors (Lipinski definition) is 4. The summed E-state index contributed by atoms with van der Waals surface area (Å²) >= 11 is 1.63. The van der Waals surface area contributed by atoms with Crippen LogP contribution in [0.3, 0.4) is 0 Å². The number of carbonyl (C=O) groups excluding carboxylic acids is 1. The number of rotatable bonds is 5. The van der Waals surface area contributed by atoms with Crippen LogP contribution in [-0.4, -0.2) is 31.2 Å². The quantitative estimate of drug-likeness (QED) is 0.921. The molecule has 0 saturated heterocycles. The van der Waals surface area contributed by atoms with E-state index in [1.54, 1.807) is 28.8 Å². The average molecular weight is 304 g/mol.